The van der Waals surface area contributed by atoms with Gasteiger partial charge in [0, 0.05) is 0 Å². The maximum atomic E-state index is 9.79. The zero-order valence-corrected chi connectivity index (χ0v) is 11.0. The molecule has 0 saturated carbocycles. The van der Waals surface area contributed by atoms with Crippen molar-refractivity contribution < 1.29 is 50.0 Å². The van der Waals surface area contributed by atoms with Crippen molar-refractivity contribution >= 4 is 0 Å². The summed E-state index contributed by atoms with van der Waals surface area (Å²) in [7, 11) is 0. The Morgan fingerprint density at radius 3 is 2.19 bits per heavy atom. The van der Waals surface area contributed by atoms with Gasteiger partial charge in [-0.25, -0.2) is 0 Å². The van der Waals surface area contributed by atoms with E-state index in [4.69, 9.17) is 14.6 Å². The molecule has 2 fully saturated rings. The molecule has 0 unspecified atom stereocenters. The summed E-state index contributed by atoms with van der Waals surface area (Å²) in [6, 6.07) is 0. The predicted octanol–water partition coefficient (Wildman–Crippen LogP) is -4.76. The highest BCUT2D eigenvalue weighted by Crippen LogP contribution is 2.26. The smallest absolute Gasteiger partial charge is 0.187 e. The fourth-order valence-electron chi connectivity index (χ4n) is 2.29. The Kier molecular flexibility index (Phi) is 5.48. The molecular formula is C11H20O10. The highest BCUT2D eigenvalue weighted by atomic mass is 16.7. The largest absolute Gasteiger partial charge is 0.394 e. The lowest BCUT2D eigenvalue weighted by molar-refractivity contribution is -0.345. The molecule has 10 nitrogen and oxygen atoms in total. The maximum absolute atomic E-state index is 9.79. The number of rotatable bonds is 3. The average Bonchev–Trinajstić information content (AvgIpc) is 2.47. The summed E-state index contributed by atoms with van der Waals surface area (Å²) in [6.45, 7) is -0.938. The molecular weight excluding hydrogens is 292 g/mol. The van der Waals surface area contributed by atoms with Gasteiger partial charge in [-0.1, -0.05) is 0 Å². The van der Waals surface area contributed by atoms with Crippen LogP contribution in [0.5, 0.6) is 0 Å². The molecule has 0 aromatic heterocycles. The van der Waals surface area contributed by atoms with E-state index in [9.17, 15) is 30.6 Å². The zero-order valence-electron chi connectivity index (χ0n) is 11.0. The third-order valence-electron chi connectivity index (χ3n) is 3.59. The quantitative estimate of drug-likeness (QED) is 0.268. The van der Waals surface area contributed by atoms with Gasteiger partial charge >= 0.3 is 0 Å². The van der Waals surface area contributed by atoms with Crippen LogP contribution in [0.15, 0.2) is 0 Å². The summed E-state index contributed by atoms with van der Waals surface area (Å²) < 4.78 is 15.0. The van der Waals surface area contributed by atoms with Gasteiger partial charge in [0.2, 0.25) is 0 Å². The first-order valence-electron chi connectivity index (χ1n) is 6.48. The van der Waals surface area contributed by atoms with Gasteiger partial charge in [0.15, 0.2) is 12.6 Å². The normalized spacial score (nSPS) is 51.9. The van der Waals surface area contributed by atoms with Gasteiger partial charge in [-0.2, -0.15) is 0 Å². The third kappa shape index (κ3) is 3.35. The van der Waals surface area contributed by atoms with Gasteiger partial charge < -0.3 is 50.0 Å². The zero-order chi connectivity index (χ0) is 15.7. The molecule has 0 aromatic carbocycles. The van der Waals surface area contributed by atoms with Crippen molar-refractivity contribution in [2.75, 3.05) is 13.2 Å². The van der Waals surface area contributed by atoms with Crippen LogP contribution in [0.2, 0.25) is 0 Å². The van der Waals surface area contributed by atoms with E-state index in [0.29, 0.717) is 0 Å². The molecule has 7 N–H and O–H groups in total. The van der Waals surface area contributed by atoms with E-state index in [1.165, 1.54) is 0 Å². The van der Waals surface area contributed by atoms with Crippen molar-refractivity contribution in [3.63, 3.8) is 0 Å². The summed E-state index contributed by atoms with van der Waals surface area (Å²) in [5.74, 6) is 0. The molecule has 2 heterocycles. The van der Waals surface area contributed by atoms with E-state index in [2.05, 4.69) is 4.74 Å². The van der Waals surface area contributed by atoms with Gasteiger partial charge in [0.05, 0.1) is 13.2 Å². The summed E-state index contributed by atoms with van der Waals surface area (Å²) in [4.78, 5) is 0. The van der Waals surface area contributed by atoms with Crippen molar-refractivity contribution in [3.05, 3.63) is 0 Å². The van der Waals surface area contributed by atoms with Crippen molar-refractivity contribution in [1.82, 2.24) is 0 Å². The van der Waals surface area contributed by atoms with Crippen molar-refractivity contribution in [2.45, 2.75) is 55.3 Å². The fraction of sp³-hybridized carbons (Fsp3) is 1.00. The number of hydrogen-bond donors (Lipinski definition) is 7. The second-order valence-corrected chi connectivity index (χ2v) is 5.08. The van der Waals surface area contributed by atoms with Gasteiger partial charge in [0.25, 0.3) is 0 Å². The minimum atomic E-state index is -1.66. The molecule has 124 valence electrons. The third-order valence-corrected chi connectivity index (χ3v) is 3.59. The average molecular weight is 312 g/mol. The van der Waals surface area contributed by atoms with E-state index in [1.807, 2.05) is 0 Å². The molecule has 2 aliphatic rings. The van der Waals surface area contributed by atoms with Crippen molar-refractivity contribution in [3.8, 4) is 0 Å². The summed E-state index contributed by atoms with van der Waals surface area (Å²) in [5, 5.41) is 66.8. The van der Waals surface area contributed by atoms with E-state index in [0.717, 1.165) is 0 Å². The molecule has 0 aliphatic carbocycles. The number of ether oxygens (including phenoxy) is 3. The molecule has 2 rings (SSSR count). The SMILES string of the molecule is OC[C@@H]1O[C@@H](O[C@@H]2[C@H](O)[C@H](O)OC[C@H]2O)[C@@H](O)[C@@H](O)[C@H]1O. The van der Waals surface area contributed by atoms with Gasteiger partial charge in [-0.15, -0.1) is 0 Å². The van der Waals surface area contributed by atoms with Crippen LogP contribution in [0.3, 0.4) is 0 Å². The first-order chi connectivity index (χ1) is 9.86. The van der Waals surface area contributed by atoms with Crippen LogP contribution in [0, 0.1) is 0 Å². The molecule has 0 amide bonds. The molecule has 0 spiro atoms. The van der Waals surface area contributed by atoms with Gasteiger partial charge in [-0.3, -0.25) is 0 Å². The highest BCUT2D eigenvalue weighted by molar-refractivity contribution is 4.91. The predicted molar refractivity (Wildman–Crippen MR) is 62.6 cm³/mol. The Morgan fingerprint density at radius 2 is 1.57 bits per heavy atom. The van der Waals surface area contributed by atoms with E-state index in [1.54, 1.807) is 0 Å². The van der Waals surface area contributed by atoms with Gasteiger partial charge in [-0.05, 0) is 0 Å². The lowest BCUT2D eigenvalue weighted by atomic mass is 9.98. The van der Waals surface area contributed by atoms with Gasteiger partial charge in [0.1, 0.15) is 42.7 Å². The standard InChI is InChI=1S/C11H20O10/c12-1-4-5(14)6(15)7(16)11(20-4)21-9-3(13)2-19-10(18)8(9)17/h3-18H,1-2H2/t3-,4+,5+,6+,7+,8+,9+,10-,11+/m1/s1. The second kappa shape index (κ2) is 6.79. The molecule has 21 heavy (non-hydrogen) atoms. The Hall–Kier alpha value is -0.400. The Morgan fingerprint density at radius 1 is 0.905 bits per heavy atom. The summed E-state index contributed by atoms with van der Waals surface area (Å²) >= 11 is 0. The van der Waals surface area contributed by atoms with Crippen molar-refractivity contribution in [1.29, 1.82) is 0 Å². The van der Waals surface area contributed by atoms with Crippen molar-refractivity contribution in [2.24, 2.45) is 0 Å². The lowest BCUT2D eigenvalue weighted by Crippen LogP contribution is -2.62. The highest BCUT2D eigenvalue weighted by Gasteiger charge is 2.48. The van der Waals surface area contributed by atoms with Crippen LogP contribution in [0.1, 0.15) is 0 Å². The number of hydrogen-bond acceptors (Lipinski definition) is 10. The van der Waals surface area contributed by atoms with E-state index >= 15 is 0 Å². The molecule has 2 saturated heterocycles. The fourth-order valence-corrected chi connectivity index (χ4v) is 2.29. The van der Waals surface area contributed by atoms with Crippen LogP contribution >= 0.6 is 0 Å². The first-order valence-corrected chi connectivity index (χ1v) is 6.48. The molecule has 0 aromatic rings. The monoisotopic (exact) mass is 312 g/mol. The topological polar surface area (TPSA) is 169 Å². The minimum absolute atomic E-state index is 0.305. The van der Waals surface area contributed by atoms with Crippen LogP contribution in [-0.4, -0.2) is 104 Å². The number of aliphatic hydroxyl groups is 7. The van der Waals surface area contributed by atoms with Crippen LogP contribution in [-0.2, 0) is 14.2 Å². The first kappa shape index (κ1) is 17.0. The minimum Gasteiger partial charge on any atom is -0.394 e. The van der Waals surface area contributed by atoms with E-state index in [-0.39, 0.29) is 6.61 Å². The Bertz CT molecular complexity index is 339. The molecule has 10 heteroatoms. The Balaban J connectivity index is 2.06. The summed E-state index contributed by atoms with van der Waals surface area (Å²) in [6.07, 6.45) is -13.3. The Labute approximate surface area is 119 Å². The van der Waals surface area contributed by atoms with Crippen LogP contribution in [0.25, 0.3) is 0 Å². The molecule has 0 radical (unpaired) electrons. The van der Waals surface area contributed by atoms with E-state index < -0.39 is 61.9 Å². The van der Waals surface area contributed by atoms with Crippen LogP contribution < -0.4 is 0 Å². The summed E-state index contributed by atoms with van der Waals surface area (Å²) in [5.41, 5.74) is 0. The molecule has 0 bridgehead atoms. The maximum Gasteiger partial charge on any atom is 0.187 e. The second-order valence-electron chi connectivity index (χ2n) is 5.08. The number of aliphatic hydroxyl groups excluding tert-OH is 7. The van der Waals surface area contributed by atoms with Crippen LogP contribution in [0.4, 0.5) is 0 Å². The molecule has 2 aliphatic heterocycles. The molecule has 9 atom stereocenters. The lowest BCUT2D eigenvalue weighted by Gasteiger charge is -2.43.